The minimum Gasteiger partial charge on any atom is -0.215 e. The number of sulfonamides is 1. The first-order valence-electron chi connectivity index (χ1n) is 5.69. The first kappa shape index (κ1) is 13.3. The second-order valence-electron chi connectivity index (χ2n) is 4.14. The van der Waals surface area contributed by atoms with Gasteiger partial charge in [0.05, 0.1) is 5.25 Å². The zero-order valence-corrected chi connectivity index (χ0v) is 10.8. The molecular weight excluding hydrogens is 234 g/mol. The van der Waals surface area contributed by atoms with Crippen molar-refractivity contribution in [2.75, 3.05) is 6.54 Å². The van der Waals surface area contributed by atoms with Crippen LogP contribution in [0, 0.1) is 0 Å². The third-order valence-electron chi connectivity index (χ3n) is 2.94. The first-order valence-corrected chi connectivity index (χ1v) is 7.67. The number of alkyl halides is 1. The second kappa shape index (κ2) is 6.06. The standard InChI is InChI=1S/C10H20ClNO2S/c1-2-9(11)7-8-12-15(13,14)10-5-3-4-6-10/h9-10,12H,2-8H2,1H3. The lowest BCUT2D eigenvalue weighted by atomic mass is 10.2. The Morgan fingerprint density at radius 3 is 2.53 bits per heavy atom. The van der Waals surface area contributed by atoms with Gasteiger partial charge in [0, 0.05) is 11.9 Å². The van der Waals surface area contributed by atoms with E-state index in [2.05, 4.69) is 4.72 Å². The summed E-state index contributed by atoms with van der Waals surface area (Å²) in [5.74, 6) is 0. The Kier molecular flexibility index (Phi) is 5.36. The van der Waals surface area contributed by atoms with Crippen molar-refractivity contribution >= 4 is 21.6 Å². The molecule has 1 N–H and O–H groups in total. The van der Waals surface area contributed by atoms with Crippen LogP contribution in [0.1, 0.15) is 45.4 Å². The van der Waals surface area contributed by atoms with Crippen LogP contribution in [0.4, 0.5) is 0 Å². The number of halogens is 1. The van der Waals surface area contributed by atoms with Gasteiger partial charge in [0.1, 0.15) is 0 Å². The van der Waals surface area contributed by atoms with E-state index in [9.17, 15) is 8.42 Å². The summed E-state index contributed by atoms with van der Waals surface area (Å²) in [4.78, 5) is 0. The fourth-order valence-corrected chi connectivity index (χ4v) is 3.58. The molecule has 0 aromatic rings. The molecule has 0 bridgehead atoms. The normalized spacial score (nSPS) is 20.7. The maximum absolute atomic E-state index is 11.7. The smallest absolute Gasteiger partial charge is 0.214 e. The van der Waals surface area contributed by atoms with Crippen LogP contribution in [0.3, 0.4) is 0 Å². The predicted octanol–water partition coefficient (Wildman–Crippen LogP) is 2.26. The van der Waals surface area contributed by atoms with Crippen molar-refractivity contribution in [2.24, 2.45) is 0 Å². The Morgan fingerprint density at radius 2 is 2.00 bits per heavy atom. The van der Waals surface area contributed by atoms with E-state index >= 15 is 0 Å². The summed E-state index contributed by atoms with van der Waals surface area (Å²) in [6, 6.07) is 0. The summed E-state index contributed by atoms with van der Waals surface area (Å²) in [6.45, 7) is 2.48. The van der Waals surface area contributed by atoms with Crippen LogP contribution >= 0.6 is 11.6 Å². The van der Waals surface area contributed by atoms with Crippen molar-refractivity contribution in [3.8, 4) is 0 Å². The van der Waals surface area contributed by atoms with Gasteiger partial charge in [-0.25, -0.2) is 13.1 Å². The maximum Gasteiger partial charge on any atom is 0.214 e. The Hall–Kier alpha value is 0.200. The van der Waals surface area contributed by atoms with Crippen LogP contribution in [0.25, 0.3) is 0 Å². The van der Waals surface area contributed by atoms with E-state index in [-0.39, 0.29) is 10.6 Å². The minimum atomic E-state index is -3.07. The third kappa shape index (κ3) is 4.29. The van der Waals surface area contributed by atoms with E-state index in [1.807, 2.05) is 6.92 Å². The molecular formula is C10H20ClNO2S. The lowest BCUT2D eigenvalue weighted by Gasteiger charge is -2.13. The first-order chi connectivity index (χ1) is 7.06. The Morgan fingerprint density at radius 1 is 1.40 bits per heavy atom. The fourth-order valence-electron chi connectivity index (χ4n) is 1.88. The highest BCUT2D eigenvalue weighted by atomic mass is 35.5. The maximum atomic E-state index is 11.7. The average molecular weight is 254 g/mol. The SMILES string of the molecule is CCC(Cl)CCNS(=O)(=O)C1CCCC1. The molecule has 15 heavy (non-hydrogen) atoms. The number of hydrogen-bond acceptors (Lipinski definition) is 2. The van der Waals surface area contributed by atoms with E-state index in [0.717, 1.165) is 32.1 Å². The average Bonchev–Trinajstić information content (AvgIpc) is 2.70. The Labute approximate surface area is 97.6 Å². The van der Waals surface area contributed by atoms with E-state index in [4.69, 9.17) is 11.6 Å². The molecule has 0 heterocycles. The van der Waals surface area contributed by atoms with Crippen molar-refractivity contribution in [2.45, 2.75) is 56.1 Å². The Balaban J connectivity index is 2.30. The summed E-state index contributed by atoms with van der Waals surface area (Å²) >= 11 is 5.92. The van der Waals surface area contributed by atoms with Crippen LogP contribution in [0.15, 0.2) is 0 Å². The number of rotatable bonds is 6. The third-order valence-corrected chi connectivity index (χ3v) is 5.43. The van der Waals surface area contributed by atoms with E-state index < -0.39 is 10.0 Å². The molecule has 0 aromatic carbocycles. The lowest BCUT2D eigenvalue weighted by molar-refractivity contribution is 0.560. The van der Waals surface area contributed by atoms with Gasteiger partial charge in [0.25, 0.3) is 0 Å². The molecule has 0 spiro atoms. The van der Waals surface area contributed by atoms with Crippen molar-refractivity contribution < 1.29 is 8.42 Å². The largest absolute Gasteiger partial charge is 0.215 e. The molecule has 1 atom stereocenters. The van der Waals surface area contributed by atoms with Crippen LogP contribution in [-0.4, -0.2) is 25.6 Å². The molecule has 5 heteroatoms. The monoisotopic (exact) mass is 253 g/mol. The van der Waals surface area contributed by atoms with E-state index in [1.165, 1.54) is 0 Å². The molecule has 1 aliphatic carbocycles. The molecule has 1 rings (SSSR count). The molecule has 90 valence electrons. The quantitative estimate of drug-likeness (QED) is 0.738. The van der Waals surface area contributed by atoms with E-state index in [1.54, 1.807) is 0 Å². The van der Waals surface area contributed by atoms with Gasteiger partial charge in [0.2, 0.25) is 10.0 Å². The topological polar surface area (TPSA) is 46.2 Å². The van der Waals surface area contributed by atoms with Crippen LogP contribution in [0.2, 0.25) is 0 Å². The molecule has 0 amide bonds. The predicted molar refractivity (Wildman–Crippen MR) is 63.7 cm³/mol. The summed E-state index contributed by atoms with van der Waals surface area (Å²) in [7, 11) is -3.07. The highest BCUT2D eigenvalue weighted by Gasteiger charge is 2.27. The van der Waals surface area contributed by atoms with Gasteiger partial charge >= 0.3 is 0 Å². The molecule has 1 aliphatic rings. The fraction of sp³-hybridized carbons (Fsp3) is 1.00. The zero-order valence-electron chi connectivity index (χ0n) is 9.21. The molecule has 1 saturated carbocycles. The molecule has 0 radical (unpaired) electrons. The van der Waals surface area contributed by atoms with Crippen molar-refractivity contribution in [3.63, 3.8) is 0 Å². The summed E-state index contributed by atoms with van der Waals surface area (Å²) < 4.78 is 26.2. The molecule has 0 aromatic heterocycles. The molecule has 0 saturated heterocycles. The van der Waals surface area contributed by atoms with Gasteiger partial charge < -0.3 is 0 Å². The summed E-state index contributed by atoms with van der Waals surface area (Å²) in [6.07, 6.45) is 5.30. The minimum absolute atomic E-state index is 0.0799. The molecule has 1 unspecified atom stereocenters. The Bertz CT molecular complexity index is 273. The highest BCUT2D eigenvalue weighted by Crippen LogP contribution is 2.23. The lowest BCUT2D eigenvalue weighted by Crippen LogP contribution is -2.34. The van der Waals surface area contributed by atoms with Gasteiger partial charge in [-0.05, 0) is 25.7 Å². The van der Waals surface area contributed by atoms with Crippen molar-refractivity contribution in [1.82, 2.24) is 4.72 Å². The second-order valence-corrected chi connectivity index (χ2v) is 6.80. The number of hydrogen-bond donors (Lipinski definition) is 1. The summed E-state index contributed by atoms with van der Waals surface area (Å²) in [5.41, 5.74) is 0. The highest BCUT2D eigenvalue weighted by molar-refractivity contribution is 7.90. The molecule has 3 nitrogen and oxygen atoms in total. The van der Waals surface area contributed by atoms with Crippen LogP contribution < -0.4 is 4.72 Å². The van der Waals surface area contributed by atoms with Crippen LogP contribution in [0.5, 0.6) is 0 Å². The molecule has 1 fully saturated rings. The zero-order chi connectivity index (χ0) is 11.3. The van der Waals surface area contributed by atoms with Gasteiger partial charge in [0.15, 0.2) is 0 Å². The van der Waals surface area contributed by atoms with Gasteiger partial charge in [-0.2, -0.15) is 0 Å². The van der Waals surface area contributed by atoms with Crippen molar-refractivity contribution in [1.29, 1.82) is 0 Å². The van der Waals surface area contributed by atoms with Crippen LogP contribution in [-0.2, 0) is 10.0 Å². The van der Waals surface area contributed by atoms with Gasteiger partial charge in [-0.15, -0.1) is 11.6 Å². The van der Waals surface area contributed by atoms with E-state index in [0.29, 0.717) is 13.0 Å². The molecule has 0 aliphatic heterocycles. The van der Waals surface area contributed by atoms with Gasteiger partial charge in [-0.3, -0.25) is 0 Å². The van der Waals surface area contributed by atoms with Gasteiger partial charge in [-0.1, -0.05) is 19.8 Å². The van der Waals surface area contributed by atoms with Crippen molar-refractivity contribution in [3.05, 3.63) is 0 Å². The summed E-state index contributed by atoms with van der Waals surface area (Å²) in [5, 5.41) is -0.0795. The number of nitrogens with one attached hydrogen (secondary N) is 1.